The minimum atomic E-state index is -4.53. The minimum absolute atomic E-state index is 0.00301. The number of aromatic nitrogens is 3. The van der Waals surface area contributed by atoms with E-state index >= 15 is 0 Å². The molecule has 0 saturated carbocycles. The molecule has 3 amide bonds. The number of carbonyl (C=O) groups is 3. The van der Waals surface area contributed by atoms with Crippen LogP contribution in [0.15, 0.2) is 36.8 Å². The number of nitrogens with one attached hydrogen (secondary N) is 3. The standard InChI is InChI=1S/C21H17F3N6O3S/c1-10(28-19(33)16-13-5-6-15(31)30-17(13)27-9-26-16)20-25-8-14(34-20)18(32)29-12-4-2-3-11(7-12)21(22,23)24/h2-4,7-10H,5-6H2,1H3,(H,28,33)(H,29,32)(H,26,27,30,31)/t10-/m1/s1. The number of rotatable bonds is 5. The van der Waals surface area contributed by atoms with Crippen molar-refractivity contribution in [2.75, 3.05) is 10.6 Å². The molecule has 176 valence electrons. The van der Waals surface area contributed by atoms with Crippen molar-refractivity contribution in [2.45, 2.75) is 32.0 Å². The summed E-state index contributed by atoms with van der Waals surface area (Å²) in [5.41, 5.74) is -0.210. The van der Waals surface area contributed by atoms with Gasteiger partial charge >= 0.3 is 6.18 Å². The second-order valence-electron chi connectivity index (χ2n) is 7.39. The molecule has 0 bridgehead atoms. The number of anilines is 2. The van der Waals surface area contributed by atoms with Gasteiger partial charge in [-0.1, -0.05) is 6.07 Å². The maximum Gasteiger partial charge on any atom is 0.416 e. The zero-order valence-electron chi connectivity index (χ0n) is 17.6. The van der Waals surface area contributed by atoms with Gasteiger partial charge in [0.2, 0.25) is 5.91 Å². The molecule has 0 unspecified atom stereocenters. The maximum absolute atomic E-state index is 12.9. The third-order valence-corrected chi connectivity index (χ3v) is 6.11. The summed E-state index contributed by atoms with van der Waals surface area (Å²) in [6.45, 7) is 1.67. The molecule has 1 aromatic carbocycles. The molecule has 0 saturated heterocycles. The van der Waals surface area contributed by atoms with Crippen LogP contribution in [0, 0.1) is 0 Å². The smallest absolute Gasteiger partial charge is 0.342 e. The molecule has 0 radical (unpaired) electrons. The SMILES string of the molecule is C[C@@H](NC(=O)c1ncnc2c1CCC(=O)N2)c1ncc(C(=O)Nc2cccc(C(F)(F)F)c2)s1. The molecule has 4 rings (SSSR count). The summed E-state index contributed by atoms with van der Waals surface area (Å²) in [5, 5.41) is 8.19. The molecule has 1 aliphatic rings. The molecule has 0 fully saturated rings. The predicted molar refractivity (Wildman–Crippen MR) is 116 cm³/mol. The molecule has 0 aliphatic carbocycles. The lowest BCUT2D eigenvalue weighted by Crippen LogP contribution is -2.30. The Hall–Kier alpha value is -3.87. The molecule has 2 aromatic heterocycles. The Labute approximate surface area is 194 Å². The number of halogens is 3. The van der Waals surface area contributed by atoms with Crippen LogP contribution in [-0.4, -0.2) is 32.7 Å². The molecular weight excluding hydrogens is 473 g/mol. The number of fused-ring (bicyclic) bond motifs is 1. The number of hydrogen-bond donors (Lipinski definition) is 3. The number of thiazole rings is 1. The van der Waals surface area contributed by atoms with Crippen LogP contribution in [-0.2, 0) is 17.4 Å². The summed E-state index contributed by atoms with van der Waals surface area (Å²) < 4.78 is 38.6. The van der Waals surface area contributed by atoms with Gasteiger partial charge in [-0.2, -0.15) is 13.2 Å². The number of benzene rings is 1. The van der Waals surface area contributed by atoms with Crippen molar-refractivity contribution in [2.24, 2.45) is 0 Å². The summed E-state index contributed by atoms with van der Waals surface area (Å²) in [7, 11) is 0. The minimum Gasteiger partial charge on any atom is -0.342 e. The zero-order valence-corrected chi connectivity index (χ0v) is 18.4. The zero-order chi connectivity index (χ0) is 24.5. The number of amides is 3. The Balaban J connectivity index is 1.43. The monoisotopic (exact) mass is 490 g/mol. The molecule has 13 heteroatoms. The summed E-state index contributed by atoms with van der Waals surface area (Å²) in [5.74, 6) is -1.01. The first-order valence-corrected chi connectivity index (χ1v) is 10.8. The van der Waals surface area contributed by atoms with E-state index in [4.69, 9.17) is 0 Å². The second kappa shape index (κ2) is 9.17. The van der Waals surface area contributed by atoms with Crippen LogP contribution in [0.5, 0.6) is 0 Å². The first-order chi connectivity index (χ1) is 16.1. The van der Waals surface area contributed by atoms with Gasteiger partial charge in [0.15, 0.2) is 0 Å². The third-order valence-electron chi connectivity index (χ3n) is 4.93. The van der Waals surface area contributed by atoms with Crippen molar-refractivity contribution in [1.82, 2.24) is 20.3 Å². The van der Waals surface area contributed by atoms with Crippen LogP contribution < -0.4 is 16.0 Å². The molecule has 9 nitrogen and oxygen atoms in total. The highest BCUT2D eigenvalue weighted by molar-refractivity contribution is 7.13. The normalized spacial score (nSPS) is 14.1. The fourth-order valence-corrected chi connectivity index (χ4v) is 4.09. The highest BCUT2D eigenvalue weighted by Crippen LogP contribution is 2.31. The number of hydrogen-bond acceptors (Lipinski definition) is 7. The fourth-order valence-electron chi connectivity index (χ4n) is 3.27. The topological polar surface area (TPSA) is 126 Å². The van der Waals surface area contributed by atoms with Gasteiger partial charge in [0.05, 0.1) is 17.8 Å². The van der Waals surface area contributed by atoms with Gasteiger partial charge in [0.25, 0.3) is 11.8 Å². The Bertz CT molecular complexity index is 1280. The van der Waals surface area contributed by atoms with E-state index < -0.39 is 29.6 Å². The van der Waals surface area contributed by atoms with Gasteiger partial charge < -0.3 is 16.0 Å². The van der Waals surface area contributed by atoms with Crippen molar-refractivity contribution >= 4 is 40.6 Å². The van der Waals surface area contributed by atoms with E-state index in [1.807, 2.05) is 0 Å². The van der Waals surface area contributed by atoms with Gasteiger partial charge in [-0.05, 0) is 31.5 Å². The number of carbonyl (C=O) groups excluding carboxylic acids is 3. The van der Waals surface area contributed by atoms with Crippen LogP contribution in [0.4, 0.5) is 24.7 Å². The van der Waals surface area contributed by atoms with Crippen molar-refractivity contribution in [3.05, 3.63) is 63.5 Å². The largest absolute Gasteiger partial charge is 0.416 e. The Morgan fingerprint density at radius 2 is 1.94 bits per heavy atom. The van der Waals surface area contributed by atoms with Gasteiger partial charge in [-0.15, -0.1) is 11.3 Å². The lowest BCUT2D eigenvalue weighted by Gasteiger charge is -2.18. The molecule has 3 N–H and O–H groups in total. The summed E-state index contributed by atoms with van der Waals surface area (Å²) in [6, 6.07) is 3.71. The summed E-state index contributed by atoms with van der Waals surface area (Å²) >= 11 is 0.994. The van der Waals surface area contributed by atoms with Crippen LogP contribution in [0.2, 0.25) is 0 Å². The van der Waals surface area contributed by atoms with Gasteiger partial charge in [-0.25, -0.2) is 15.0 Å². The van der Waals surface area contributed by atoms with Crippen LogP contribution in [0.3, 0.4) is 0 Å². The second-order valence-corrected chi connectivity index (χ2v) is 8.45. The van der Waals surface area contributed by atoms with E-state index in [-0.39, 0.29) is 28.6 Å². The first-order valence-electron chi connectivity index (χ1n) is 10.0. The van der Waals surface area contributed by atoms with E-state index in [1.54, 1.807) is 6.92 Å². The maximum atomic E-state index is 12.9. The number of alkyl halides is 3. The lowest BCUT2D eigenvalue weighted by molar-refractivity contribution is -0.137. The molecular formula is C21H17F3N6O3S. The molecule has 1 atom stereocenters. The third kappa shape index (κ3) is 5.03. The van der Waals surface area contributed by atoms with Crippen molar-refractivity contribution in [3.8, 4) is 0 Å². The Kier molecular flexibility index (Phi) is 6.28. The first kappa shape index (κ1) is 23.3. The highest BCUT2D eigenvalue weighted by atomic mass is 32.1. The van der Waals surface area contributed by atoms with Crippen LogP contribution in [0.25, 0.3) is 0 Å². The quantitative estimate of drug-likeness (QED) is 0.502. The van der Waals surface area contributed by atoms with Crippen molar-refractivity contribution < 1.29 is 27.6 Å². The summed E-state index contributed by atoms with van der Waals surface area (Å²) in [6.07, 6.45) is -1.51. The van der Waals surface area contributed by atoms with E-state index in [0.29, 0.717) is 22.8 Å². The van der Waals surface area contributed by atoms with Crippen LogP contribution >= 0.6 is 11.3 Å². The lowest BCUT2D eigenvalue weighted by atomic mass is 10.0. The highest BCUT2D eigenvalue weighted by Gasteiger charge is 2.30. The molecule has 1 aliphatic heterocycles. The Morgan fingerprint density at radius 3 is 2.71 bits per heavy atom. The average molecular weight is 490 g/mol. The molecule has 0 spiro atoms. The average Bonchev–Trinajstić information content (AvgIpc) is 3.29. The van der Waals surface area contributed by atoms with Crippen LogP contribution in [0.1, 0.15) is 55.7 Å². The van der Waals surface area contributed by atoms with Gasteiger partial charge in [0.1, 0.15) is 27.7 Å². The molecule has 3 heterocycles. The van der Waals surface area contributed by atoms with Crippen molar-refractivity contribution in [3.63, 3.8) is 0 Å². The summed E-state index contributed by atoms with van der Waals surface area (Å²) in [4.78, 5) is 49.1. The Morgan fingerprint density at radius 1 is 1.15 bits per heavy atom. The predicted octanol–water partition coefficient (Wildman–Crippen LogP) is 3.58. The molecule has 34 heavy (non-hydrogen) atoms. The van der Waals surface area contributed by atoms with Gasteiger partial charge in [0, 0.05) is 17.7 Å². The number of nitrogens with zero attached hydrogens (tertiary/aromatic N) is 3. The van der Waals surface area contributed by atoms with E-state index in [9.17, 15) is 27.6 Å². The van der Waals surface area contributed by atoms with E-state index in [2.05, 4.69) is 30.9 Å². The molecule has 3 aromatic rings. The van der Waals surface area contributed by atoms with E-state index in [0.717, 1.165) is 23.5 Å². The van der Waals surface area contributed by atoms with Crippen molar-refractivity contribution in [1.29, 1.82) is 0 Å². The van der Waals surface area contributed by atoms with Gasteiger partial charge in [-0.3, -0.25) is 14.4 Å². The fraction of sp³-hybridized carbons (Fsp3) is 0.238. The van der Waals surface area contributed by atoms with E-state index in [1.165, 1.54) is 24.7 Å².